The van der Waals surface area contributed by atoms with E-state index in [1.807, 2.05) is 48.5 Å². The van der Waals surface area contributed by atoms with Crippen molar-refractivity contribution in [3.05, 3.63) is 72.3 Å². The number of rotatable bonds is 1. The highest BCUT2D eigenvalue weighted by Crippen LogP contribution is 2.24. The number of hydrogen-bond acceptors (Lipinski definition) is 3. The van der Waals surface area contributed by atoms with Crippen molar-refractivity contribution in [1.29, 1.82) is 0 Å². The zero-order valence-electron chi connectivity index (χ0n) is 11.2. The van der Waals surface area contributed by atoms with Crippen molar-refractivity contribution in [3.8, 4) is 5.75 Å². The van der Waals surface area contributed by atoms with E-state index in [4.69, 9.17) is 10.8 Å². The van der Waals surface area contributed by atoms with E-state index < -0.39 is 5.97 Å². The molecule has 0 spiro atoms. The smallest absolute Gasteiger partial charge is 0.339 e. The van der Waals surface area contributed by atoms with Crippen LogP contribution in [0.2, 0.25) is 0 Å². The predicted octanol–water partition coefficient (Wildman–Crippen LogP) is 3.51. The number of anilines is 1. The highest BCUT2D eigenvalue weighted by atomic mass is 16.4. The zero-order chi connectivity index (χ0) is 15.2. The second-order valence-corrected chi connectivity index (χ2v) is 4.43. The van der Waals surface area contributed by atoms with E-state index in [1.54, 1.807) is 6.07 Å². The van der Waals surface area contributed by atoms with Crippen LogP contribution in [0.15, 0.2) is 66.7 Å². The fourth-order valence-electron chi connectivity index (χ4n) is 1.85. The van der Waals surface area contributed by atoms with Gasteiger partial charge in [0.05, 0.1) is 0 Å². The molecule has 106 valence electrons. The van der Waals surface area contributed by atoms with Gasteiger partial charge in [-0.3, -0.25) is 0 Å². The van der Waals surface area contributed by atoms with Crippen LogP contribution in [0.3, 0.4) is 0 Å². The third-order valence-electron chi connectivity index (χ3n) is 2.89. The summed E-state index contributed by atoms with van der Waals surface area (Å²) in [6, 6.07) is 19.7. The van der Waals surface area contributed by atoms with Gasteiger partial charge in [-0.05, 0) is 35.0 Å². The van der Waals surface area contributed by atoms with Gasteiger partial charge < -0.3 is 15.9 Å². The van der Waals surface area contributed by atoms with Crippen LogP contribution in [-0.2, 0) is 0 Å². The van der Waals surface area contributed by atoms with Crippen molar-refractivity contribution < 1.29 is 15.0 Å². The Morgan fingerprint density at radius 2 is 1.38 bits per heavy atom. The van der Waals surface area contributed by atoms with Gasteiger partial charge in [-0.15, -0.1) is 0 Å². The summed E-state index contributed by atoms with van der Waals surface area (Å²) < 4.78 is 0. The predicted molar refractivity (Wildman–Crippen MR) is 83.4 cm³/mol. The molecule has 0 aromatic heterocycles. The molecule has 4 heteroatoms. The molecule has 0 fully saturated rings. The lowest BCUT2D eigenvalue weighted by Crippen LogP contribution is -1.96. The van der Waals surface area contributed by atoms with E-state index in [1.165, 1.54) is 12.1 Å². The number of carboxylic acids is 1. The number of hydrogen-bond donors (Lipinski definition) is 3. The number of nitrogens with two attached hydrogens (primary N) is 1. The molecule has 3 rings (SSSR count). The highest BCUT2D eigenvalue weighted by molar-refractivity contribution is 5.97. The maximum Gasteiger partial charge on any atom is 0.339 e. The van der Waals surface area contributed by atoms with Gasteiger partial charge in [-0.1, -0.05) is 42.5 Å². The van der Waals surface area contributed by atoms with Crippen molar-refractivity contribution in [2.24, 2.45) is 0 Å². The number of fused-ring (bicyclic) bond motifs is 1. The first-order valence-electron chi connectivity index (χ1n) is 6.33. The first kappa shape index (κ1) is 14.4. The molecule has 3 aromatic carbocycles. The van der Waals surface area contributed by atoms with E-state index in [-0.39, 0.29) is 11.3 Å². The molecule has 0 amide bonds. The number of aromatic hydroxyl groups is 1. The van der Waals surface area contributed by atoms with Gasteiger partial charge in [0, 0.05) is 5.69 Å². The molecule has 0 aliphatic rings. The lowest BCUT2D eigenvalue weighted by molar-refractivity contribution is 0.0694. The molecular formula is C17H15NO3. The van der Waals surface area contributed by atoms with Gasteiger partial charge in [-0.25, -0.2) is 4.79 Å². The van der Waals surface area contributed by atoms with Gasteiger partial charge in [0.15, 0.2) is 0 Å². The maximum absolute atomic E-state index is 10.7. The summed E-state index contributed by atoms with van der Waals surface area (Å²) in [4.78, 5) is 10.7. The van der Waals surface area contributed by atoms with Crippen LogP contribution in [0, 0.1) is 0 Å². The summed E-state index contributed by atoms with van der Waals surface area (Å²) >= 11 is 0. The second kappa shape index (κ2) is 6.43. The molecule has 0 radical (unpaired) electrons. The van der Waals surface area contributed by atoms with Crippen LogP contribution in [-0.4, -0.2) is 16.2 Å². The average Bonchev–Trinajstić information content (AvgIpc) is 2.47. The van der Waals surface area contributed by atoms with Crippen molar-refractivity contribution in [3.63, 3.8) is 0 Å². The summed E-state index contributed by atoms with van der Waals surface area (Å²) in [6.45, 7) is 0. The molecule has 0 heterocycles. The van der Waals surface area contributed by atoms with Crippen LogP contribution in [0.25, 0.3) is 10.8 Å². The minimum Gasteiger partial charge on any atom is -0.507 e. The van der Waals surface area contributed by atoms with Crippen molar-refractivity contribution in [1.82, 2.24) is 0 Å². The average molecular weight is 281 g/mol. The second-order valence-electron chi connectivity index (χ2n) is 4.43. The van der Waals surface area contributed by atoms with Crippen LogP contribution < -0.4 is 5.73 Å². The lowest BCUT2D eigenvalue weighted by atomic mass is 10.1. The summed E-state index contributed by atoms with van der Waals surface area (Å²) in [6.07, 6.45) is 0. The van der Waals surface area contributed by atoms with Crippen LogP contribution in [0.4, 0.5) is 5.69 Å². The first-order valence-corrected chi connectivity index (χ1v) is 6.33. The number of para-hydroxylation sites is 1. The Balaban J connectivity index is 0.000000194. The molecule has 3 aromatic rings. The third kappa shape index (κ3) is 3.73. The first-order chi connectivity index (χ1) is 10.1. The summed E-state index contributed by atoms with van der Waals surface area (Å²) in [5, 5.41) is 19.8. The van der Waals surface area contributed by atoms with Crippen molar-refractivity contribution >= 4 is 22.4 Å². The Morgan fingerprint density at radius 1 is 0.857 bits per heavy atom. The molecule has 0 saturated heterocycles. The Labute approximate surface area is 122 Å². The van der Waals surface area contributed by atoms with Crippen LogP contribution in [0.5, 0.6) is 5.75 Å². The minimum atomic E-state index is -1.12. The summed E-state index contributed by atoms with van der Waals surface area (Å²) in [7, 11) is 0. The Bertz CT molecular complexity index is 754. The molecular weight excluding hydrogens is 266 g/mol. The van der Waals surface area contributed by atoms with Gasteiger partial charge in [0.1, 0.15) is 11.3 Å². The monoisotopic (exact) mass is 281 g/mol. The normalized spacial score (nSPS) is 9.71. The minimum absolute atomic E-state index is 0.0660. The molecule has 0 aliphatic heterocycles. The summed E-state index contributed by atoms with van der Waals surface area (Å²) in [5.41, 5.74) is 6.11. The van der Waals surface area contributed by atoms with E-state index in [9.17, 15) is 9.90 Å². The highest BCUT2D eigenvalue weighted by Gasteiger charge is 2.09. The largest absolute Gasteiger partial charge is 0.507 e. The fourth-order valence-corrected chi connectivity index (χ4v) is 1.85. The number of carbonyl (C=O) groups is 1. The SMILES string of the molecule is Nc1ccccc1.O=C(O)c1cc2ccccc2cc1O. The Kier molecular flexibility index (Phi) is 4.41. The topological polar surface area (TPSA) is 83.6 Å². The molecule has 0 unspecified atom stereocenters. The molecule has 4 N–H and O–H groups in total. The number of aromatic carboxylic acids is 1. The molecule has 0 saturated carbocycles. The lowest BCUT2D eigenvalue weighted by Gasteiger charge is -2.02. The van der Waals surface area contributed by atoms with E-state index in [2.05, 4.69) is 0 Å². The van der Waals surface area contributed by atoms with Gasteiger partial charge in [0.25, 0.3) is 0 Å². The molecule has 0 aliphatic carbocycles. The Morgan fingerprint density at radius 3 is 1.86 bits per heavy atom. The summed E-state index contributed by atoms with van der Waals surface area (Å²) in [5.74, 6) is -1.32. The molecule has 0 bridgehead atoms. The maximum atomic E-state index is 10.7. The fraction of sp³-hybridized carbons (Fsp3) is 0. The van der Waals surface area contributed by atoms with Gasteiger partial charge in [-0.2, -0.15) is 0 Å². The zero-order valence-corrected chi connectivity index (χ0v) is 11.2. The standard InChI is InChI=1S/C11H8O3.C6H7N/c12-10-6-8-4-2-1-3-7(8)5-9(10)11(13)14;7-6-4-2-1-3-5-6/h1-6,12H,(H,13,14);1-5H,7H2. The van der Waals surface area contributed by atoms with Crippen molar-refractivity contribution in [2.75, 3.05) is 5.73 Å². The molecule has 0 atom stereocenters. The van der Waals surface area contributed by atoms with Gasteiger partial charge >= 0.3 is 5.97 Å². The molecule has 4 nitrogen and oxygen atoms in total. The van der Waals surface area contributed by atoms with E-state index in [0.29, 0.717) is 0 Å². The van der Waals surface area contributed by atoms with Crippen LogP contribution in [0.1, 0.15) is 10.4 Å². The number of phenols is 1. The number of nitrogen functional groups attached to an aromatic ring is 1. The Hall–Kier alpha value is -3.01. The molecule has 21 heavy (non-hydrogen) atoms. The number of carboxylic acid groups (broad SMARTS) is 1. The van der Waals surface area contributed by atoms with Gasteiger partial charge in [0.2, 0.25) is 0 Å². The van der Waals surface area contributed by atoms with E-state index >= 15 is 0 Å². The number of benzene rings is 3. The third-order valence-corrected chi connectivity index (χ3v) is 2.89. The van der Waals surface area contributed by atoms with E-state index in [0.717, 1.165) is 16.5 Å². The van der Waals surface area contributed by atoms with Crippen molar-refractivity contribution in [2.45, 2.75) is 0 Å². The quantitative estimate of drug-likeness (QED) is 0.596. The van der Waals surface area contributed by atoms with Crippen LogP contribution >= 0.6 is 0 Å².